The molecule has 0 heterocycles. The number of aryl methyl sites for hydroxylation is 1. The first-order chi connectivity index (χ1) is 12.4. The van der Waals surface area contributed by atoms with Gasteiger partial charge in [-0.2, -0.15) is 0 Å². The maximum absolute atomic E-state index is 12.9. The van der Waals surface area contributed by atoms with Gasteiger partial charge in [-0.15, -0.1) is 0 Å². The van der Waals surface area contributed by atoms with Crippen molar-refractivity contribution in [2.24, 2.45) is 5.92 Å². The Morgan fingerprint density at radius 2 is 1.58 bits per heavy atom. The molecule has 0 radical (unpaired) electrons. The van der Waals surface area contributed by atoms with Crippen LogP contribution < -0.4 is 14.2 Å². The van der Waals surface area contributed by atoms with Crippen molar-refractivity contribution in [2.45, 2.75) is 24.8 Å². The molecule has 3 rings (SSSR count). The van der Waals surface area contributed by atoms with Crippen LogP contribution in [0.25, 0.3) is 6.08 Å². The van der Waals surface area contributed by atoms with Crippen molar-refractivity contribution in [3.05, 3.63) is 59.2 Å². The largest absolute Gasteiger partial charge is 0.496 e. The summed E-state index contributed by atoms with van der Waals surface area (Å²) in [7, 11) is -0.500. The van der Waals surface area contributed by atoms with Gasteiger partial charge in [-0.05, 0) is 37.1 Å². The topological polar surface area (TPSA) is 64.6 Å². The molecule has 5 nitrogen and oxygen atoms in total. The highest BCUT2D eigenvalue weighted by Crippen LogP contribution is 2.42. The minimum absolute atomic E-state index is 0.0382. The normalized spacial score (nSPS) is 19.1. The van der Waals surface area contributed by atoms with E-state index in [9.17, 15) is 8.42 Å². The maximum atomic E-state index is 12.9. The third kappa shape index (κ3) is 3.34. The fraction of sp³-hybridized carbons (Fsp3) is 0.300. The summed E-state index contributed by atoms with van der Waals surface area (Å²) in [6, 6.07) is 9.98. The molecule has 1 N–H and O–H groups in total. The Bertz CT molecular complexity index is 933. The SMILES string of the molecule is COc1ccc(OC)c2c1C=C[C@H](C)[C@@H]2NS(=O)(=O)c1ccc(C)cc1. The van der Waals surface area contributed by atoms with E-state index in [-0.39, 0.29) is 10.8 Å². The fourth-order valence-corrected chi connectivity index (χ4v) is 4.48. The Morgan fingerprint density at radius 1 is 0.962 bits per heavy atom. The van der Waals surface area contributed by atoms with E-state index in [1.807, 2.05) is 32.1 Å². The second-order valence-corrected chi connectivity index (χ2v) is 8.14. The number of methoxy groups -OCH3 is 2. The highest BCUT2D eigenvalue weighted by Gasteiger charge is 2.32. The Labute approximate surface area is 154 Å². The molecule has 0 fully saturated rings. The van der Waals surface area contributed by atoms with Gasteiger partial charge >= 0.3 is 0 Å². The van der Waals surface area contributed by atoms with Gasteiger partial charge in [0.15, 0.2) is 0 Å². The molecule has 2 atom stereocenters. The lowest BCUT2D eigenvalue weighted by molar-refractivity contribution is 0.383. The molecule has 0 unspecified atom stereocenters. The smallest absolute Gasteiger partial charge is 0.241 e. The number of nitrogens with one attached hydrogen (secondary N) is 1. The molecule has 0 saturated carbocycles. The number of hydrogen-bond donors (Lipinski definition) is 1. The zero-order chi connectivity index (χ0) is 18.9. The number of rotatable bonds is 5. The van der Waals surface area contributed by atoms with Crippen molar-refractivity contribution in [3.63, 3.8) is 0 Å². The van der Waals surface area contributed by atoms with Crippen LogP contribution in [-0.2, 0) is 10.0 Å². The van der Waals surface area contributed by atoms with Crippen LogP contribution in [0.2, 0.25) is 0 Å². The number of sulfonamides is 1. The van der Waals surface area contributed by atoms with Crippen LogP contribution in [0, 0.1) is 12.8 Å². The summed E-state index contributed by atoms with van der Waals surface area (Å²) in [5.41, 5.74) is 2.63. The highest BCUT2D eigenvalue weighted by molar-refractivity contribution is 7.89. The van der Waals surface area contributed by atoms with E-state index in [1.54, 1.807) is 44.6 Å². The minimum atomic E-state index is -3.68. The summed E-state index contributed by atoms with van der Waals surface area (Å²) in [5.74, 6) is 1.28. The molecular formula is C20H23NO4S. The van der Waals surface area contributed by atoms with Crippen LogP contribution >= 0.6 is 0 Å². The Balaban J connectivity index is 2.06. The third-order valence-electron chi connectivity index (χ3n) is 4.66. The molecule has 2 aromatic carbocycles. The Kier molecular flexibility index (Phi) is 5.07. The van der Waals surface area contributed by atoms with Crippen molar-refractivity contribution in [1.82, 2.24) is 4.72 Å². The Morgan fingerprint density at radius 3 is 2.19 bits per heavy atom. The number of benzene rings is 2. The molecule has 1 aliphatic rings. The van der Waals surface area contributed by atoms with Crippen molar-refractivity contribution in [3.8, 4) is 11.5 Å². The number of hydrogen-bond acceptors (Lipinski definition) is 4. The van der Waals surface area contributed by atoms with Gasteiger partial charge in [0.1, 0.15) is 11.5 Å². The van der Waals surface area contributed by atoms with E-state index in [0.717, 1.165) is 16.7 Å². The molecule has 138 valence electrons. The van der Waals surface area contributed by atoms with E-state index >= 15 is 0 Å². The average Bonchev–Trinajstić information content (AvgIpc) is 2.63. The summed E-state index contributed by atoms with van der Waals surface area (Å²) in [6.07, 6.45) is 3.94. The first-order valence-corrected chi connectivity index (χ1v) is 9.87. The van der Waals surface area contributed by atoms with E-state index in [4.69, 9.17) is 9.47 Å². The second-order valence-electron chi connectivity index (χ2n) is 6.43. The zero-order valence-electron chi connectivity index (χ0n) is 15.3. The van der Waals surface area contributed by atoms with Gasteiger partial charge in [-0.25, -0.2) is 13.1 Å². The lowest BCUT2D eigenvalue weighted by Gasteiger charge is -2.30. The van der Waals surface area contributed by atoms with E-state index < -0.39 is 16.1 Å². The summed E-state index contributed by atoms with van der Waals surface area (Å²) < 4.78 is 39.6. The van der Waals surface area contributed by atoms with Gasteiger partial charge < -0.3 is 9.47 Å². The molecule has 0 amide bonds. The van der Waals surface area contributed by atoms with Crippen LogP contribution in [0.4, 0.5) is 0 Å². The standard InChI is InChI=1S/C20H23NO4S/c1-13-5-8-15(9-6-13)26(22,23)21-20-14(2)7-10-16-17(24-3)11-12-18(25-4)19(16)20/h5-12,14,20-21H,1-4H3/t14-,20-/m0/s1. The summed E-state index contributed by atoms with van der Waals surface area (Å²) in [4.78, 5) is 0.244. The third-order valence-corrected chi connectivity index (χ3v) is 6.12. The molecule has 1 aliphatic carbocycles. The van der Waals surface area contributed by atoms with Gasteiger partial charge in [0, 0.05) is 11.1 Å². The van der Waals surface area contributed by atoms with Gasteiger partial charge in [0.2, 0.25) is 10.0 Å². The van der Waals surface area contributed by atoms with Crippen LogP contribution in [0.3, 0.4) is 0 Å². The van der Waals surface area contributed by atoms with E-state index in [2.05, 4.69) is 4.72 Å². The van der Waals surface area contributed by atoms with Crippen molar-refractivity contribution in [1.29, 1.82) is 0 Å². The predicted octanol–water partition coefficient (Wildman–Crippen LogP) is 3.69. The predicted molar refractivity (Wildman–Crippen MR) is 102 cm³/mol. The summed E-state index contributed by atoms with van der Waals surface area (Å²) in [6.45, 7) is 3.89. The lowest BCUT2D eigenvalue weighted by atomic mass is 9.85. The van der Waals surface area contributed by atoms with Crippen LogP contribution in [-0.4, -0.2) is 22.6 Å². The average molecular weight is 373 g/mol. The van der Waals surface area contributed by atoms with Gasteiger partial charge in [-0.3, -0.25) is 0 Å². The number of fused-ring (bicyclic) bond motifs is 1. The molecule has 0 saturated heterocycles. The monoisotopic (exact) mass is 373 g/mol. The summed E-state index contributed by atoms with van der Waals surface area (Å²) in [5, 5.41) is 0. The molecule has 0 bridgehead atoms. The maximum Gasteiger partial charge on any atom is 0.241 e. The molecule has 2 aromatic rings. The summed E-state index contributed by atoms with van der Waals surface area (Å²) >= 11 is 0. The fourth-order valence-electron chi connectivity index (χ4n) is 3.19. The zero-order valence-corrected chi connectivity index (χ0v) is 16.1. The van der Waals surface area contributed by atoms with Crippen molar-refractivity contribution >= 4 is 16.1 Å². The molecular weight excluding hydrogens is 350 g/mol. The Hall–Kier alpha value is -2.31. The first-order valence-electron chi connectivity index (χ1n) is 8.39. The number of ether oxygens (including phenoxy) is 2. The lowest BCUT2D eigenvalue weighted by Crippen LogP contribution is -2.34. The van der Waals surface area contributed by atoms with Gasteiger partial charge in [-0.1, -0.05) is 36.8 Å². The quantitative estimate of drug-likeness (QED) is 0.868. The van der Waals surface area contributed by atoms with E-state index in [0.29, 0.717) is 11.5 Å². The molecule has 0 spiro atoms. The van der Waals surface area contributed by atoms with Gasteiger partial charge in [0.25, 0.3) is 0 Å². The minimum Gasteiger partial charge on any atom is -0.496 e. The van der Waals surface area contributed by atoms with Crippen LogP contribution in [0.5, 0.6) is 11.5 Å². The van der Waals surface area contributed by atoms with Crippen LogP contribution in [0.1, 0.15) is 29.7 Å². The molecule has 26 heavy (non-hydrogen) atoms. The highest BCUT2D eigenvalue weighted by atomic mass is 32.2. The molecule has 0 aromatic heterocycles. The second kappa shape index (κ2) is 7.13. The molecule has 0 aliphatic heterocycles. The van der Waals surface area contributed by atoms with Gasteiger partial charge in [0.05, 0.1) is 25.2 Å². The molecule has 6 heteroatoms. The van der Waals surface area contributed by atoms with Crippen LogP contribution in [0.15, 0.2) is 47.4 Å². The van der Waals surface area contributed by atoms with Crippen molar-refractivity contribution in [2.75, 3.05) is 14.2 Å². The first kappa shape index (κ1) is 18.5. The van der Waals surface area contributed by atoms with Crippen molar-refractivity contribution < 1.29 is 17.9 Å². The van der Waals surface area contributed by atoms with E-state index in [1.165, 1.54) is 0 Å².